The van der Waals surface area contributed by atoms with Crippen molar-refractivity contribution in [1.29, 1.82) is 0 Å². The van der Waals surface area contributed by atoms with Gasteiger partial charge >= 0.3 is 14.8 Å². The molecular formula is C14H24B2N2O2+2. The topological polar surface area (TPSA) is 18.5 Å². The lowest BCUT2D eigenvalue weighted by molar-refractivity contribution is -1.10. The van der Waals surface area contributed by atoms with Gasteiger partial charge in [-0.1, -0.05) is 40.9 Å². The molecule has 4 nitrogen and oxygen atoms in total. The van der Waals surface area contributed by atoms with Gasteiger partial charge in [-0.15, -0.1) is 0 Å². The largest absolute Gasteiger partial charge is 0.486 e. The molecule has 0 amide bonds. The molecular weight excluding hydrogens is 250 g/mol. The molecule has 20 heavy (non-hydrogen) atoms. The fourth-order valence-electron chi connectivity index (χ4n) is 3.53. The normalized spacial score (nSPS) is 32.9. The summed E-state index contributed by atoms with van der Waals surface area (Å²) in [5.41, 5.74) is 1.23. The van der Waals surface area contributed by atoms with Gasteiger partial charge in [0.05, 0.1) is 0 Å². The Morgan fingerprint density at radius 3 is 2.40 bits per heavy atom. The summed E-state index contributed by atoms with van der Waals surface area (Å²) in [5, 5.41) is 0. The van der Waals surface area contributed by atoms with Crippen LogP contribution in [0.4, 0.5) is 5.69 Å². The first-order valence-electron chi connectivity index (χ1n) is 7.93. The minimum absolute atomic E-state index is 0.529. The molecule has 0 aliphatic carbocycles. The van der Waals surface area contributed by atoms with Crippen LogP contribution in [-0.4, -0.2) is 39.3 Å². The Hall–Kier alpha value is -0.810. The first-order valence-corrected chi connectivity index (χ1v) is 7.93. The van der Waals surface area contributed by atoms with Gasteiger partial charge in [0, 0.05) is 31.2 Å². The highest BCUT2D eigenvalue weighted by Gasteiger charge is 2.61. The van der Waals surface area contributed by atoms with Crippen LogP contribution in [0.5, 0.6) is 0 Å². The van der Waals surface area contributed by atoms with Crippen LogP contribution in [0.3, 0.4) is 0 Å². The summed E-state index contributed by atoms with van der Waals surface area (Å²) in [4.78, 5) is 12.6. The number of hydrogen-bond acceptors (Lipinski definition) is 2. The highest BCUT2D eigenvalue weighted by Crippen LogP contribution is 2.38. The molecule has 1 aromatic rings. The lowest BCUT2D eigenvalue weighted by Crippen LogP contribution is -2.73. The zero-order valence-electron chi connectivity index (χ0n) is 12.5. The number of quaternary nitrogens is 2. The Morgan fingerprint density at radius 2 is 1.80 bits per heavy atom. The smallest absolute Gasteiger partial charge is 0.174 e. The third-order valence-corrected chi connectivity index (χ3v) is 4.50. The van der Waals surface area contributed by atoms with Crippen LogP contribution in [-0.2, 0) is 9.68 Å². The number of para-hydroxylation sites is 1. The average Bonchev–Trinajstić information content (AvgIpc) is 3.17. The van der Waals surface area contributed by atoms with Crippen molar-refractivity contribution < 1.29 is 14.3 Å². The molecule has 0 N–H and O–H groups in total. The van der Waals surface area contributed by atoms with Gasteiger partial charge in [-0.25, -0.2) is 0 Å². The van der Waals surface area contributed by atoms with Crippen LogP contribution in [0.15, 0.2) is 30.3 Å². The molecule has 0 aromatic heterocycles. The van der Waals surface area contributed by atoms with E-state index in [0.29, 0.717) is 9.33 Å². The number of hydrogen-bond donors (Lipinski definition) is 0. The van der Waals surface area contributed by atoms with E-state index in [1.165, 1.54) is 18.5 Å². The number of rotatable bonds is 5. The second-order valence-electron chi connectivity index (χ2n) is 5.78. The van der Waals surface area contributed by atoms with Gasteiger partial charge in [0.1, 0.15) is 19.8 Å². The van der Waals surface area contributed by atoms with Crippen molar-refractivity contribution in [2.45, 2.75) is 32.4 Å². The first-order chi connectivity index (χ1) is 9.83. The first kappa shape index (κ1) is 14.1. The van der Waals surface area contributed by atoms with Crippen molar-refractivity contribution in [3.05, 3.63) is 30.3 Å². The van der Waals surface area contributed by atoms with Crippen LogP contribution in [0.25, 0.3) is 0 Å². The highest BCUT2D eigenvalue weighted by atomic mass is 16.9. The van der Waals surface area contributed by atoms with Crippen LogP contribution in [0.1, 0.15) is 19.8 Å². The monoisotopic (exact) mass is 274 g/mol. The molecule has 1 aromatic carbocycles. The second kappa shape index (κ2) is 5.90. The van der Waals surface area contributed by atoms with Crippen LogP contribution in [0.2, 0.25) is 12.6 Å². The zero-order valence-corrected chi connectivity index (χ0v) is 12.5. The summed E-state index contributed by atoms with van der Waals surface area (Å²) >= 11 is 0. The maximum Gasteiger partial charge on any atom is 0.486 e. The van der Waals surface area contributed by atoms with Crippen LogP contribution < -0.4 is 4.67 Å². The molecule has 0 radical (unpaired) electrons. The van der Waals surface area contributed by atoms with Crippen LogP contribution in [0, 0.1) is 0 Å². The van der Waals surface area contributed by atoms with E-state index in [1.54, 1.807) is 0 Å². The molecule has 2 fully saturated rings. The molecule has 0 saturated carbocycles. The third kappa shape index (κ3) is 2.21. The highest BCUT2D eigenvalue weighted by molar-refractivity contribution is 6.38. The van der Waals surface area contributed by atoms with Crippen molar-refractivity contribution >= 4 is 20.5 Å². The van der Waals surface area contributed by atoms with Gasteiger partial charge in [0.15, 0.2) is 5.69 Å². The van der Waals surface area contributed by atoms with Gasteiger partial charge in [0.2, 0.25) is 0 Å². The Bertz CT molecular complexity index is 432. The van der Waals surface area contributed by atoms with E-state index in [9.17, 15) is 0 Å². The molecule has 0 spiro atoms. The summed E-state index contributed by atoms with van der Waals surface area (Å²) in [6.45, 7) is 4.94. The van der Waals surface area contributed by atoms with E-state index < -0.39 is 0 Å². The fourth-order valence-corrected chi connectivity index (χ4v) is 3.53. The molecule has 0 bridgehead atoms. The van der Waals surface area contributed by atoms with E-state index in [4.69, 9.17) is 9.68 Å². The zero-order chi connectivity index (χ0) is 13.9. The third-order valence-electron chi connectivity index (χ3n) is 4.50. The Labute approximate surface area is 122 Å². The average molecular weight is 274 g/mol. The van der Waals surface area contributed by atoms with Crippen LogP contribution >= 0.6 is 0 Å². The molecule has 2 heterocycles. The van der Waals surface area contributed by atoms with E-state index in [-0.39, 0.29) is 0 Å². The van der Waals surface area contributed by atoms with E-state index in [0.717, 1.165) is 47.2 Å². The SMILES string of the molecule is CCCC[N+]1([N+]2(c3ccccc3)BCCO2)BCCO1. The molecule has 2 saturated heterocycles. The van der Waals surface area contributed by atoms with Crippen molar-refractivity contribution in [2.24, 2.45) is 0 Å². The van der Waals surface area contributed by atoms with Crippen molar-refractivity contribution in [3.8, 4) is 0 Å². The molecule has 6 heteroatoms. The molecule has 2 atom stereocenters. The van der Waals surface area contributed by atoms with Crippen molar-refractivity contribution in [3.63, 3.8) is 0 Å². The van der Waals surface area contributed by atoms with Gasteiger partial charge in [0.25, 0.3) is 0 Å². The molecule has 2 unspecified atom stereocenters. The Kier molecular flexibility index (Phi) is 4.17. The van der Waals surface area contributed by atoms with Gasteiger partial charge in [-0.2, -0.15) is 9.68 Å². The summed E-state index contributed by atoms with van der Waals surface area (Å²) in [6.07, 6.45) is 4.60. The number of hydroxylamine groups is 1. The maximum atomic E-state index is 6.30. The van der Waals surface area contributed by atoms with Gasteiger partial charge < -0.3 is 0 Å². The number of unbranched alkanes of at least 4 members (excludes halogenated alkanes) is 1. The number of nitrogens with zero attached hydrogens (tertiary/aromatic N) is 2. The molecule has 106 valence electrons. The van der Waals surface area contributed by atoms with Gasteiger partial charge in [-0.05, 0) is 0 Å². The summed E-state index contributed by atoms with van der Waals surface area (Å²) < 4.78 is 1.15. The lowest BCUT2D eigenvalue weighted by atomic mass is 9.83. The Balaban J connectivity index is 1.99. The number of benzene rings is 1. The van der Waals surface area contributed by atoms with Gasteiger partial charge in [-0.3, -0.25) is 0 Å². The predicted octanol–water partition coefficient (Wildman–Crippen LogP) is 1.96. The molecule has 3 rings (SSSR count). The quantitative estimate of drug-likeness (QED) is 0.764. The molecule has 2 aliphatic rings. The fraction of sp³-hybridized carbons (Fsp3) is 0.571. The van der Waals surface area contributed by atoms with E-state index in [1.807, 2.05) is 0 Å². The van der Waals surface area contributed by atoms with E-state index in [2.05, 4.69) is 37.3 Å². The minimum atomic E-state index is 0.529. The minimum Gasteiger partial charge on any atom is -0.174 e. The Morgan fingerprint density at radius 1 is 1.05 bits per heavy atom. The summed E-state index contributed by atoms with van der Waals surface area (Å²) in [6, 6.07) is 10.6. The van der Waals surface area contributed by atoms with E-state index >= 15 is 0 Å². The summed E-state index contributed by atoms with van der Waals surface area (Å²) in [7, 11) is 2.06. The van der Waals surface area contributed by atoms with Crippen molar-refractivity contribution in [2.75, 3.05) is 19.8 Å². The standard InChI is InChI=1S/C14H24B2N2O2/c1-2-3-11-17(15-9-12-19-17)18(16-10-13-20-18)14-7-5-4-6-8-14/h4-8,15-16H,2-3,9-13H2,1H3/q+2. The lowest BCUT2D eigenvalue weighted by Gasteiger charge is -2.44. The molecule has 2 aliphatic heterocycles. The summed E-state index contributed by atoms with van der Waals surface area (Å²) in [5.74, 6) is 0. The maximum absolute atomic E-state index is 6.30. The van der Waals surface area contributed by atoms with Crippen molar-refractivity contribution in [1.82, 2.24) is 4.67 Å². The predicted molar refractivity (Wildman–Crippen MR) is 84.1 cm³/mol. The second-order valence-corrected chi connectivity index (χ2v) is 5.78.